The summed E-state index contributed by atoms with van der Waals surface area (Å²) in [7, 11) is 0. The number of aliphatic hydroxyl groups is 1. The minimum Gasteiger partial charge on any atom is -0.494 e. The van der Waals surface area contributed by atoms with Crippen LogP contribution in [0.3, 0.4) is 0 Å². The second-order valence-electron chi connectivity index (χ2n) is 4.23. The van der Waals surface area contributed by atoms with Crippen LogP contribution in [0.25, 0.3) is 0 Å². The van der Waals surface area contributed by atoms with Gasteiger partial charge in [-0.2, -0.15) is 0 Å². The highest BCUT2D eigenvalue weighted by molar-refractivity contribution is 5.29. The van der Waals surface area contributed by atoms with E-state index in [0.29, 0.717) is 0 Å². The molecule has 0 aliphatic heterocycles. The molecule has 0 bridgehead atoms. The van der Waals surface area contributed by atoms with Gasteiger partial charge in [-0.05, 0) is 50.3 Å². The van der Waals surface area contributed by atoms with Gasteiger partial charge in [-0.15, -0.1) is 6.58 Å². The summed E-state index contributed by atoms with van der Waals surface area (Å²) in [6.45, 7) is 6.19. The maximum absolute atomic E-state index is 9.45. The third-order valence-corrected chi connectivity index (χ3v) is 2.66. The molecule has 1 rings (SSSR count). The number of allylic oxidation sites excluding steroid dienone is 1. The number of aliphatic hydroxyl groups excluding tert-OH is 1. The summed E-state index contributed by atoms with van der Waals surface area (Å²) in [4.78, 5) is 0. The Morgan fingerprint density at radius 2 is 2.18 bits per heavy atom. The molecule has 94 valence electrons. The molecule has 1 N–H and O–H groups in total. The first-order chi connectivity index (χ1) is 8.24. The van der Waals surface area contributed by atoms with E-state index < -0.39 is 6.10 Å². The second kappa shape index (κ2) is 7.91. The average Bonchev–Trinajstić information content (AvgIpc) is 2.34. The Bertz CT molecular complexity index is 331. The molecule has 0 aliphatic rings. The van der Waals surface area contributed by atoms with Crippen molar-refractivity contribution in [3.05, 3.63) is 42.5 Å². The quantitative estimate of drug-likeness (QED) is 0.546. The van der Waals surface area contributed by atoms with Gasteiger partial charge in [0.25, 0.3) is 0 Å². The zero-order chi connectivity index (χ0) is 12.5. The standard InChI is InChI=1S/C15H22O2/c1-3-4-5-6-7-11-17-15-10-8-9-14(12-15)13(2)16/h3,8-10,12-13,16H,1,4-7,11H2,2H3/t13-/m1/s1. The number of rotatable bonds is 8. The van der Waals surface area contributed by atoms with Gasteiger partial charge in [0.1, 0.15) is 5.75 Å². The molecule has 1 aromatic carbocycles. The van der Waals surface area contributed by atoms with E-state index in [1.54, 1.807) is 6.92 Å². The van der Waals surface area contributed by atoms with Crippen LogP contribution in [0.15, 0.2) is 36.9 Å². The SMILES string of the molecule is C=CCCCCCOc1cccc([C@@H](C)O)c1. The summed E-state index contributed by atoms with van der Waals surface area (Å²) in [6.07, 6.45) is 6.01. The maximum Gasteiger partial charge on any atom is 0.119 e. The monoisotopic (exact) mass is 234 g/mol. The predicted octanol–water partition coefficient (Wildman–Crippen LogP) is 3.87. The molecule has 0 saturated heterocycles. The molecule has 0 unspecified atom stereocenters. The van der Waals surface area contributed by atoms with E-state index in [-0.39, 0.29) is 0 Å². The molecule has 1 atom stereocenters. The molecule has 17 heavy (non-hydrogen) atoms. The lowest BCUT2D eigenvalue weighted by molar-refractivity contribution is 0.198. The molecule has 0 radical (unpaired) electrons. The highest BCUT2D eigenvalue weighted by Gasteiger charge is 2.01. The van der Waals surface area contributed by atoms with E-state index in [4.69, 9.17) is 4.74 Å². The average molecular weight is 234 g/mol. The van der Waals surface area contributed by atoms with E-state index in [1.165, 1.54) is 12.8 Å². The minimum absolute atomic E-state index is 0.439. The van der Waals surface area contributed by atoms with Crippen molar-refractivity contribution in [1.29, 1.82) is 0 Å². The third-order valence-electron chi connectivity index (χ3n) is 2.66. The fourth-order valence-corrected chi connectivity index (χ4v) is 1.62. The van der Waals surface area contributed by atoms with E-state index in [9.17, 15) is 5.11 Å². The van der Waals surface area contributed by atoms with E-state index in [1.807, 2.05) is 30.3 Å². The van der Waals surface area contributed by atoms with Crippen molar-refractivity contribution in [2.24, 2.45) is 0 Å². The Kier molecular flexibility index (Phi) is 6.41. The lowest BCUT2D eigenvalue weighted by Gasteiger charge is -2.09. The largest absolute Gasteiger partial charge is 0.494 e. The van der Waals surface area contributed by atoms with Gasteiger partial charge in [0.2, 0.25) is 0 Å². The van der Waals surface area contributed by atoms with Crippen LogP contribution in [0, 0.1) is 0 Å². The minimum atomic E-state index is -0.439. The van der Waals surface area contributed by atoms with Crippen molar-refractivity contribution in [3.8, 4) is 5.75 Å². The van der Waals surface area contributed by atoms with Gasteiger partial charge in [0, 0.05) is 0 Å². The molecule has 1 aromatic rings. The number of hydrogen-bond donors (Lipinski definition) is 1. The highest BCUT2D eigenvalue weighted by Crippen LogP contribution is 2.19. The molecule has 0 fully saturated rings. The highest BCUT2D eigenvalue weighted by atomic mass is 16.5. The van der Waals surface area contributed by atoms with Gasteiger partial charge in [0.15, 0.2) is 0 Å². The second-order valence-corrected chi connectivity index (χ2v) is 4.23. The van der Waals surface area contributed by atoms with Gasteiger partial charge in [-0.25, -0.2) is 0 Å². The van der Waals surface area contributed by atoms with Gasteiger partial charge in [-0.3, -0.25) is 0 Å². The fraction of sp³-hybridized carbons (Fsp3) is 0.467. The lowest BCUT2D eigenvalue weighted by Crippen LogP contribution is -1.98. The lowest BCUT2D eigenvalue weighted by atomic mass is 10.1. The van der Waals surface area contributed by atoms with Crippen molar-refractivity contribution >= 4 is 0 Å². The molecule has 2 heteroatoms. The predicted molar refractivity (Wildman–Crippen MR) is 71.2 cm³/mol. The van der Waals surface area contributed by atoms with Gasteiger partial charge < -0.3 is 9.84 Å². The van der Waals surface area contributed by atoms with Crippen LogP contribution in [0.4, 0.5) is 0 Å². The van der Waals surface area contributed by atoms with Gasteiger partial charge in [-0.1, -0.05) is 18.2 Å². The van der Waals surface area contributed by atoms with Crippen LogP contribution in [0.2, 0.25) is 0 Å². The molecule has 2 nitrogen and oxygen atoms in total. The molecule has 0 heterocycles. The summed E-state index contributed by atoms with van der Waals surface area (Å²) in [5, 5.41) is 9.45. The first-order valence-electron chi connectivity index (χ1n) is 6.25. The van der Waals surface area contributed by atoms with E-state index in [0.717, 1.165) is 30.8 Å². The first-order valence-corrected chi connectivity index (χ1v) is 6.25. The Morgan fingerprint density at radius 3 is 2.88 bits per heavy atom. The molecular weight excluding hydrogens is 212 g/mol. The summed E-state index contributed by atoms with van der Waals surface area (Å²) in [5.41, 5.74) is 0.897. The zero-order valence-corrected chi connectivity index (χ0v) is 10.6. The molecule has 0 amide bonds. The topological polar surface area (TPSA) is 29.5 Å². The van der Waals surface area contributed by atoms with Crippen molar-refractivity contribution in [3.63, 3.8) is 0 Å². The number of hydrogen-bond acceptors (Lipinski definition) is 2. The van der Waals surface area contributed by atoms with Crippen LogP contribution < -0.4 is 4.74 Å². The Hall–Kier alpha value is -1.28. The summed E-state index contributed by atoms with van der Waals surface area (Å²) < 4.78 is 5.64. The number of benzene rings is 1. The van der Waals surface area contributed by atoms with Gasteiger partial charge >= 0.3 is 0 Å². The van der Waals surface area contributed by atoms with Crippen LogP contribution in [-0.4, -0.2) is 11.7 Å². The smallest absolute Gasteiger partial charge is 0.119 e. The molecular formula is C15H22O2. The Morgan fingerprint density at radius 1 is 1.35 bits per heavy atom. The first kappa shape index (κ1) is 13.8. The summed E-state index contributed by atoms with van der Waals surface area (Å²) >= 11 is 0. The van der Waals surface area contributed by atoms with Crippen molar-refractivity contribution < 1.29 is 9.84 Å². The Balaban J connectivity index is 2.26. The Labute approximate surface area is 104 Å². The molecule has 0 aromatic heterocycles. The fourth-order valence-electron chi connectivity index (χ4n) is 1.62. The van der Waals surface area contributed by atoms with E-state index >= 15 is 0 Å². The van der Waals surface area contributed by atoms with Crippen LogP contribution in [-0.2, 0) is 0 Å². The zero-order valence-electron chi connectivity index (χ0n) is 10.6. The van der Waals surface area contributed by atoms with E-state index in [2.05, 4.69) is 6.58 Å². The van der Waals surface area contributed by atoms with Crippen LogP contribution in [0.1, 0.15) is 44.3 Å². The van der Waals surface area contributed by atoms with Crippen LogP contribution >= 0.6 is 0 Å². The third kappa shape index (κ3) is 5.55. The molecule has 0 aliphatic carbocycles. The summed E-state index contributed by atoms with van der Waals surface area (Å²) in [5.74, 6) is 0.840. The normalized spacial score (nSPS) is 12.1. The molecule has 0 saturated carbocycles. The van der Waals surface area contributed by atoms with Crippen molar-refractivity contribution in [2.45, 2.75) is 38.7 Å². The molecule has 0 spiro atoms. The number of unbranched alkanes of at least 4 members (excludes halogenated alkanes) is 3. The van der Waals surface area contributed by atoms with Gasteiger partial charge in [0.05, 0.1) is 12.7 Å². The van der Waals surface area contributed by atoms with Crippen LogP contribution in [0.5, 0.6) is 5.75 Å². The summed E-state index contributed by atoms with van der Waals surface area (Å²) in [6, 6.07) is 7.64. The van der Waals surface area contributed by atoms with Crippen molar-refractivity contribution in [2.75, 3.05) is 6.61 Å². The maximum atomic E-state index is 9.45. The van der Waals surface area contributed by atoms with Crippen molar-refractivity contribution in [1.82, 2.24) is 0 Å². The number of ether oxygens (including phenoxy) is 1.